The van der Waals surface area contributed by atoms with Gasteiger partial charge in [0.2, 0.25) is 0 Å². The first-order chi connectivity index (χ1) is 12.4. The number of fused-ring (bicyclic) bond motifs is 3. The average Bonchev–Trinajstić information content (AvgIpc) is 3.07. The average molecular weight is 324 g/mol. The molecule has 0 radical (unpaired) electrons. The SMILES string of the molecule is C1=C(c2ccccc2)OC(c2ccccc2)c2nc3ccccc3n21. The van der Waals surface area contributed by atoms with Gasteiger partial charge in [0.1, 0.15) is 5.76 Å². The molecule has 3 heteroatoms. The molecule has 0 bridgehead atoms. The van der Waals surface area contributed by atoms with Gasteiger partial charge < -0.3 is 4.74 Å². The van der Waals surface area contributed by atoms with Crippen molar-refractivity contribution in [3.63, 3.8) is 0 Å². The van der Waals surface area contributed by atoms with Crippen molar-refractivity contribution in [3.8, 4) is 0 Å². The van der Waals surface area contributed by atoms with Gasteiger partial charge in [0.05, 0.1) is 17.2 Å². The minimum Gasteiger partial charge on any atom is -0.476 e. The van der Waals surface area contributed by atoms with Crippen molar-refractivity contribution in [2.45, 2.75) is 6.10 Å². The molecule has 25 heavy (non-hydrogen) atoms. The van der Waals surface area contributed by atoms with Crippen LogP contribution in [-0.2, 0) is 4.74 Å². The summed E-state index contributed by atoms with van der Waals surface area (Å²) < 4.78 is 8.54. The molecule has 0 spiro atoms. The molecule has 0 saturated heterocycles. The molecule has 0 aliphatic carbocycles. The minimum atomic E-state index is -0.228. The van der Waals surface area contributed by atoms with E-state index < -0.39 is 0 Å². The number of rotatable bonds is 2. The van der Waals surface area contributed by atoms with E-state index in [9.17, 15) is 0 Å². The summed E-state index contributed by atoms with van der Waals surface area (Å²) in [5.41, 5.74) is 4.23. The molecule has 1 atom stereocenters. The number of para-hydroxylation sites is 2. The number of hydrogen-bond donors (Lipinski definition) is 0. The van der Waals surface area contributed by atoms with E-state index in [1.165, 1.54) is 0 Å². The van der Waals surface area contributed by atoms with Crippen LogP contribution in [0.25, 0.3) is 23.0 Å². The quantitative estimate of drug-likeness (QED) is 0.512. The summed E-state index contributed by atoms with van der Waals surface area (Å²) in [6.45, 7) is 0. The van der Waals surface area contributed by atoms with Gasteiger partial charge in [-0.25, -0.2) is 4.98 Å². The Hall–Kier alpha value is -3.33. The molecule has 1 unspecified atom stereocenters. The van der Waals surface area contributed by atoms with Crippen molar-refractivity contribution in [1.29, 1.82) is 0 Å². The van der Waals surface area contributed by atoms with Gasteiger partial charge in [0, 0.05) is 11.1 Å². The Morgan fingerprint density at radius 1 is 0.760 bits per heavy atom. The largest absolute Gasteiger partial charge is 0.476 e. The van der Waals surface area contributed by atoms with E-state index >= 15 is 0 Å². The maximum absolute atomic E-state index is 6.39. The molecular formula is C22H16N2O. The topological polar surface area (TPSA) is 27.1 Å². The van der Waals surface area contributed by atoms with Crippen molar-refractivity contribution < 1.29 is 4.74 Å². The van der Waals surface area contributed by atoms with Gasteiger partial charge >= 0.3 is 0 Å². The molecule has 0 saturated carbocycles. The van der Waals surface area contributed by atoms with Gasteiger partial charge in [-0.2, -0.15) is 0 Å². The van der Waals surface area contributed by atoms with Crippen molar-refractivity contribution in [2.75, 3.05) is 0 Å². The van der Waals surface area contributed by atoms with Crippen LogP contribution in [0.4, 0.5) is 0 Å². The molecule has 0 amide bonds. The van der Waals surface area contributed by atoms with Crippen LogP contribution in [-0.4, -0.2) is 9.55 Å². The van der Waals surface area contributed by atoms with E-state index in [-0.39, 0.29) is 6.10 Å². The first-order valence-electron chi connectivity index (χ1n) is 8.36. The molecule has 5 rings (SSSR count). The second kappa shape index (κ2) is 5.64. The molecule has 3 aromatic carbocycles. The van der Waals surface area contributed by atoms with Gasteiger partial charge in [0.25, 0.3) is 0 Å². The van der Waals surface area contributed by atoms with Crippen molar-refractivity contribution in [3.05, 3.63) is 102 Å². The molecule has 0 fully saturated rings. The maximum Gasteiger partial charge on any atom is 0.182 e. The smallest absolute Gasteiger partial charge is 0.182 e. The number of aromatic nitrogens is 2. The zero-order valence-electron chi connectivity index (χ0n) is 13.5. The van der Waals surface area contributed by atoms with Crippen LogP contribution in [0.2, 0.25) is 0 Å². The second-order valence-corrected chi connectivity index (χ2v) is 6.10. The molecular weight excluding hydrogens is 308 g/mol. The first kappa shape index (κ1) is 14.1. The Balaban J connectivity index is 1.75. The molecule has 1 aliphatic heterocycles. The Morgan fingerprint density at radius 2 is 1.44 bits per heavy atom. The van der Waals surface area contributed by atoms with E-state index in [0.29, 0.717) is 0 Å². The minimum absolute atomic E-state index is 0.228. The summed E-state index contributed by atoms with van der Waals surface area (Å²) in [6, 6.07) is 28.7. The highest BCUT2D eigenvalue weighted by molar-refractivity contribution is 5.83. The van der Waals surface area contributed by atoms with Crippen LogP contribution >= 0.6 is 0 Å². The summed E-state index contributed by atoms with van der Waals surface area (Å²) in [4.78, 5) is 4.83. The Morgan fingerprint density at radius 3 is 2.24 bits per heavy atom. The molecule has 4 aromatic rings. The van der Waals surface area contributed by atoms with Gasteiger partial charge in [-0.15, -0.1) is 0 Å². The standard InChI is InChI=1S/C22H16N2O/c1-3-9-16(10-4-1)20-15-24-19-14-8-7-13-18(19)23-22(24)21(25-20)17-11-5-2-6-12-17/h1-15,21H. The fourth-order valence-corrected chi connectivity index (χ4v) is 3.30. The van der Waals surface area contributed by atoms with E-state index in [4.69, 9.17) is 9.72 Å². The fraction of sp³-hybridized carbons (Fsp3) is 0.0455. The van der Waals surface area contributed by atoms with Gasteiger partial charge in [0.15, 0.2) is 11.9 Å². The Labute approximate surface area is 145 Å². The zero-order chi connectivity index (χ0) is 16.6. The Bertz CT molecular complexity index is 1070. The fourth-order valence-electron chi connectivity index (χ4n) is 3.30. The van der Waals surface area contributed by atoms with Crippen molar-refractivity contribution in [2.24, 2.45) is 0 Å². The van der Waals surface area contributed by atoms with E-state index in [1.807, 2.05) is 60.8 Å². The van der Waals surface area contributed by atoms with Gasteiger partial charge in [-0.1, -0.05) is 72.8 Å². The number of hydrogen-bond acceptors (Lipinski definition) is 2. The first-order valence-corrected chi connectivity index (χ1v) is 8.36. The lowest BCUT2D eigenvalue weighted by Gasteiger charge is -2.26. The third kappa shape index (κ3) is 2.32. The highest BCUT2D eigenvalue weighted by Crippen LogP contribution is 2.37. The summed E-state index contributed by atoms with van der Waals surface area (Å²) >= 11 is 0. The van der Waals surface area contributed by atoms with Crippen LogP contribution in [0.15, 0.2) is 84.9 Å². The number of ether oxygens (including phenoxy) is 1. The monoisotopic (exact) mass is 324 g/mol. The van der Waals surface area contributed by atoms with Crippen LogP contribution in [0.1, 0.15) is 23.1 Å². The van der Waals surface area contributed by atoms with Crippen LogP contribution in [0.3, 0.4) is 0 Å². The van der Waals surface area contributed by atoms with Crippen molar-refractivity contribution in [1.82, 2.24) is 9.55 Å². The predicted octanol–water partition coefficient (Wildman–Crippen LogP) is 5.11. The number of benzene rings is 3. The lowest BCUT2D eigenvalue weighted by Crippen LogP contribution is -2.15. The van der Waals surface area contributed by atoms with Crippen molar-refractivity contribution >= 4 is 23.0 Å². The third-order valence-electron chi connectivity index (χ3n) is 4.51. The number of nitrogens with zero attached hydrogens (tertiary/aromatic N) is 2. The zero-order valence-corrected chi connectivity index (χ0v) is 13.5. The highest BCUT2D eigenvalue weighted by Gasteiger charge is 2.28. The second-order valence-electron chi connectivity index (χ2n) is 6.10. The van der Waals surface area contributed by atoms with Crippen LogP contribution < -0.4 is 0 Å². The molecule has 120 valence electrons. The van der Waals surface area contributed by atoms with Crippen LogP contribution in [0.5, 0.6) is 0 Å². The summed E-state index contributed by atoms with van der Waals surface area (Å²) in [6.07, 6.45) is 1.81. The molecule has 1 aliphatic rings. The summed E-state index contributed by atoms with van der Waals surface area (Å²) in [5.74, 6) is 1.76. The van der Waals surface area contributed by atoms with E-state index in [1.54, 1.807) is 0 Å². The lowest BCUT2D eigenvalue weighted by molar-refractivity contribution is 0.192. The molecule has 2 heterocycles. The third-order valence-corrected chi connectivity index (χ3v) is 4.51. The van der Waals surface area contributed by atoms with E-state index in [0.717, 1.165) is 33.7 Å². The summed E-state index contributed by atoms with van der Waals surface area (Å²) in [7, 11) is 0. The lowest BCUT2D eigenvalue weighted by atomic mass is 10.1. The normalized spacial score (nSPS) is 16.2. The molecule has 3 nitrogen and oxygen atoms in total. The van der Waals surface area contributed by atoms with Gasteiger partial charge in [-0.05, 0) is 12.1 Å². The Kier molecular flexibility index (Phi) is 3.17. The molecule has 1 aromatic heterocycles. The van der Waals surface area contributed by atoms with Crippen LogP contribution in [0, 0.1) is 0 Å². The van der Waals surface area contributed by atoms with E-state index in [2.05, 4.69) is 34.9 Å². The maximum atomic E-state index is 6.39. The number of imidazole rings is 1. The molecule has 0 N–H and O–H groups in total. The predicted molar refractivity (Wildman–Crippen MR) is 99.7 cm³/mol. The summed E-state index contributed by atoms with van der Waals surface area (Å²) in [5, 5.41) is 0. The highest BCUT2D eigenvalue weighted by atomic mass is 16.5. The van der Waals surface area contributed by atoms with Gasteiger partial charge in [-0.3, -0.25) is 4.57 Å².